The summed E-state index contributed by atoms with van der Waals surface area (Å²) in [6.07, 6.45) is 9.65. The molecule has 0 saturated carbocycles. The number of allylic oxidation sites excluding steroid dienone is 2. The van der Waals surface area contributed by atoms with Crippen molar-refractivity contribution in [2.45, 2.75) is 13.0 Å². The van der Waals surface area contributed by atoms with Crippen molar-refractivity contribution in [3.8, 4) is 11.5 Å². The molecule has 162 valence electrons. The van der Waals surface area contributed by atoms with Gasteiger partial charge in [-0.25, -0.2) is 9.97 Å². The highest BCUT2D eigenvalue weighted by Crippen LogP contribution is 2.34. The number of primary amides is 1. The summed E-state index contributed by atoms with van der Waals surface area (Å²) in [4.78, 5) is 23.4. The number of carbonyl (C=O) groups is 1. The second-order valence-electron chi connectivity index (χ2n) is 7.75. The number of nitrogens with one attached hydrogen (secondary N) is 2. The molecular weight excluding hydrogens is 392 g/mol. The van der Waals surface area contributed by atoms with Crippen molar-refractivity contribution in [1.29, 1.82) is 0 Å². The molecule has 1 amide bonds. The van der Waals surface area contributed by atoms with Gasteiger partial charge in [-0.2, -0.15) is 0 Å². The van der Waals surface area contributed by atoms with Gasteiger partial charge in [-0.15, -0.1) is 0 Å². The Hall–Kier alpha value is -3.23. The number of carbonyl (C=O) groups excluding carboxylic acids is 1. The lowest BCUT2D eigenvalue weighted by Crippen LogP contribution is -2.49. The van der Waals surface area contributed by atoms with Crippen LogP contribution in [-0.4, -0.2) is 60.0 Å². The van der Waals surface area contributed by atoms with E-state index in [1.54, 1.807) is 25.4 Å². The van der Waals surface area contributed by atoms with Crippen LogP contribution in [0.25, 0.3) is 23.1 Å². The molecule has 2 aromatic heterocycles. The van der Waals surface area contributed by atoms with Gasteiger partial charge in [0.2, 0.25) is 5.89 Å². The molecule has 0 bridgehead atoms. The van der Waals surface area contributed by atoms with Gasteiger partial charge in [0.15, 0.2) is 11.5 Å². The molecule has 4 rings (SSSR count). The van der Waals surface area contributed by atoms with Crippen LogP contribution in [0.1, 0.15) is 28.7 Å². The molecule has 3 heterocycles. The normalized spacial score (nSPS) is 21.5. The monoisotopic (exact) mass is 420 g/mol. The lowest BCUT2D eigenvalue weighted by atomic mass is 9.90. The third-order valence-electron chi connectivity index (χ3n) is 5.81. The maximum absolute atomic E-state index is 12.2. The van der Waals surface area contributed by atoms with Crippen molar-refractivity contribution < 1.29 is 9.21 Å². The first-order valence-electron chi connectivity index (χ1n) is 10.5. The van der Waals surface area contributed by atoms with Crippen LogP contribution >= 0.6 is 0 Å². The Morgan fingerprint density at radius 3 is 2.84 bits per heavy atom. The van der Waals surface area contributed by atoms with E-state index < -0.39 is 5.91 Å². The van der Waals surface area contributed by atoms with E-state index in [9.17, 15) is 4.79 Å². The molecule has 2 aliphatic rings. The van der Waals surface area contributed by atoms with Crippen molar-refractivity contribution in [3.63, 3.8) is 0 Å². The molecule has 1 fully saturated rings. The quantitative estimate of drug-likeness (QED) is 0.658. The number of aromatic nitrogens is 2. The number of amides is 1. The number of nitrogens with zero attached hydrogens (tertiary/aromatic N) is 3. The number of oxazole rings is 1. The predicted molar refractivity (Wildman–Crippen MR) is 122 cm³/mol. The Balaban J connectivity index is 1.70. The number of rotatable bonds is 6. The van der Waals surface area contributed by atoms with Gasteiger partial charge in [-0.3, -0.25) is 9.69 Å². The molecule has 8 heteroatoms. The van der Waals surface area contributed by atoms with Crippen LogP contribution in [0.2, 0.25) is 0 Å². The van der Waals surface area contributed by atoms with Gasteiger partial charge in [0.1, 0.15) is 5.82 Å². The zero-order chi connectivity index (χ0) is 22.0. The number of pyridine rings is 1. The minimum Gasteiger partial charge on any atom is -0.435 e. The summed E-state index contributed by atoms with van der Waals surface area (Å²) in [6, 6.07) is 2.10. The fraction of sp³-hybridized carbons (Fsp3) is 0.348. The van der Waals surface area contributed by atoms with Crippen LogP contribution in [0, 0.1) is 5.92 Å². The SMILES string of the molecule is C=Cc1c(-c2nc(C(N)=O)c(C3=CC(C)C(N4CCNCC4)C=C3)o2)ccnc1NC. The summed E-state index contributed by atoms with van der Waals surface area (Å²) in [7, 11) is 1.78. The average molecular weight is 421 g/mol. The summed E-state index contributed by atoms with van der Waals surface area (Å²) >= 11 is 0. The van der Waals surface area contributed by atoms with Crippen molar-refractivity contribution in [2.24, 2.45) is 11.7 Å². The Bertz CT molecular complexity index is 1050. The predicted octanol–water partition coefficient (Wildman–Crippen LogP) is 2.38. The zero-order valence-corrected chi connectivity index (χ0v) is 17.9. The number of nitrogens with two attached hydrogens (primary N) is 1. The van der Waals surface area contributed by atoms with Crippen molar-refractivity contribution >= 4 is 23.4 Å². The average Bonchev–Trinajstić information content (AvgIpc) is 3.24. The van der Waals surface area contributed by atoms with Crippen molar-refractivity contribution in [2.75, 3.05) is 38.5 Å². The summed E-state index contributed by atoms with van der Waals surface area (Å²) in [5.41, 5.74) is 8.02. The molecule has 1 aliphatic heterocycles. The lowest BCUT2D eigenvalue weighted by Gasteiger charge is -2.37. The van der Waals surface area contributed by atoms with E-state index in [2.05, 4.69) is 51.2 Å². The fourth-order valence-corrected chi connectivity index (χ4v) is 4.26. The molecule has 0 radical (unpaired) electrons. The van der Waals surface area contributed by atoms with E-state index in [-0.39, 0.29) is 11.6 Å². The van der Waals surface area contributed by atoms with E-state index in [1.165, 1.54) is 0 Å². The topological polar surface area (TPSA) is 109 Å². The number of anilines is 1. The Morgan fingerprint density at radius 1 is 1.42 bits per heavy atom. The van der Waals surface area contributed by atoms with Crippen LogP contribution in [-0.2, 0) is 0 Å². The molecule has 0 aromatic carbocycles. The van der Waals surface area contributed by atoms with Gasteiger partial charge in [-0.05, 0) is 12.0 Å². The number of hydrogen-bond donors (Lipinski definition) is 3. The van der Waals surface area contributed by atoms with Crippen molar-refractivity contribution in [1.82, 2.24) is 20.2 Å². The molecule has 31 heavy (non-hydrogen) atoms. The summed E-state index contributed by atoms with van der Waals surface area (Å²) in [6.45, 7) is 10.1. The van der Waals surface area contributed by atoms with Crippen LogP contribution in [0.5, 0.6) is 0 Å². The molecule has 0 spiro atoms. The first-order valence-corrected chi connectivity index (χ1v) is 10.5. The van der Waals surface area contributed by atoms with Crippen LogP contribution in [0.15, 0.2) is 41.5 Å². The van der Waals surface area contributed by atoms with E-state index in [4.69, 9.17) is 10.2 Å². The van der Waals surface area contributed by atoms with E-state index in [0.717, 1.165) is 37.3 Å². The zero-order valence-electron chi connectivity index (χ0n) is 17.9. The molecular formula is C23H28N6O2. The smallest absolute Gasteiger partial charge is 0.271 e. The Kier molecular flexibility index (Phi) is 6.01. The fourth-order valence-electron chi connectivity index (χ4n) is 4.26. The van der Waals surface area contributed by atoms with Crippen molar-refractivity contribution in [3.05, 3.63) is 54.1 Å². The van der Waals surface area contributed by atoms with Crippen LogP contribution < -0.4 is 16.4 Å². The highest BCUT2D eigenvalue weighted by Gasteiger charge is 2.28. The minimum atomic E-state index is -0.626. The van der Waals surface area contributed by atoms with Gasteiger partial charge >= 0.3 is 0 Å². The largest absolute Gasteiger partial charge is 0.435 e. The van der Waals surface area contributed by atoms with Crippen LogP contribution in [0.3, 0.4) is 0 Å². The maximum Gasteiger partial charge on any atom is 0.271 e. The van der Waals surface area contributed by atoms with Gasteiger partial charge in [-0.1, -0.05) is 37.8 Å². The third-order valence-corrected chi connectivity index (χ3v) is 5.81. The summed E-state index contributed by atoms with van der Waals surface area (Å²) < 4.78 is 6.11. The lowest BCUT2D eigenvalue weighted by molar-refractivity contribution is 0.0995. The maximum atomic E-state index is 12.2. The summed E-state index contributed by atoms with van der Waals surface area (Å²) in [5.74, 6) is 0.982. The van der Waals surface area contributed by atoms with E-state index >= 15 is 0 Å². The first-order chi connectivity index (χ1) is 15.0. The van der Waals surface area contributed by atoms with E-state index in [1.807, 2.05) is 6.08 Å². The molecule has 2 unspecified atom stereocenters. The summed E-state index contributed by atoms with van der Waals surface area (Å²) in [5, 5.41) is 6.42. The Labute approximate surface area is 181 Å². The second kappa shape index (κ2) is 8.87. The first kappa shape index (κ1) is 21.0. The highest BCUT2D eigenvalue weighted by atomic mass is 16.4. The van der Waals surface area contributed by atoms with E-state index in [0.29, 0.717) is 29.1 Å². The third kappa shape index (κ3) is 4.04. The standard InChI is InChI=1S/C23H28N6O2/c1-4-16-17(7-8-27-22(16)25-3)23-28-19(21(24)30)20(31-23)15-5-6-18(14(2)13-15)29-11-9-26-10-12-29/h4-8,13-14,18,26H,1,9-12H2,2-3H3,(H2,24,30)(H,25,27). The van der Waals surface area contributed by atoms with Gasteiger partial charge < -0.3 is 20.8 Å². The van der Waals surface area contributed by atoms with Gasteiger partial charge in [0, 0.05) is 62.2 Å². The second-order valence-corrected chi connectivity index (χ2v) is 7.75. The number of hydrogen-bond acceptors (Lipinski definition) is 7. The van der Waals surface area contributed by atoms with Gasteiger partial charge in [0.05, 0.1) is 0 Å². The molecule has 2 atom stereocenters. The number of piperazine rings is 1. The minimum absolute atomic E-state index is 0.122. The molecule has 4 N–H and O–H groups in total. The molecule has 1 aliphatic carbocycles. The highest BCUT2D eigenvalue weighted by molar-refractivity contribution is 5.97. The van der Waals surface area contributed by atoms with Gasteiger partial charge in [0.25, 0.3) is 5.91 Å². The Morgan fingerprint density at radius 2 is 2.19 bits per heavy atom. The van der Waals surface area contributed by atoms with Crippen LogP contribution in [0.4, 0.5) is 5.82 Å². The molecule has 2 aromatic rings. The molecule has 8 nitrogen and oxygen atoms in total. The molecule has 1 saturated heterocycles.